The molecule has 0 bridgehead atoms. The molecule has 0 amide bonds. The zero-order chi connectivity index (χ0) is 13.9. The van der Waals surface area contributed by atoms with Gasteiger partial charge < -0.3 is 15.0 Å². The summed E-state index contributed by atoms with van der Waals surface area (Å²) in [6.45, 7) is 12.3. The monoisotopic (exact) mass is 253 g/mol. The van der Waals surface area contributed by atoms with Crippen molar-refractivity contribution < 1.29 is 4.74 Å². The van der Waals surface area contributed by atoms with Gasteiger partial charge >= 0.3 is 0 Å². The highest BCUT2D eigenvalue weighted by Crippen LogP contribution is 2.30. The quantitative estimate of drug-likeness (QED) is 0.877. The lowest BCUT2D eigenvalue weighted by Crippen LogP contribution is -2.19. The Morgan fingerprint density at radius 1 is 1.39 bits per heavy atom. The maximum absolute atomic E-state index is 6.26. The molecule has 0 fully saturated rings. The van der Waals surface area contributed by atoms with E-state index >= 15 is 0 Å². The molecule has 4 heteroatoms. The van der Waals surface area contributed by atoms with Crippen LogP contribution in [-0.2, 0) is 16.7 Å². The molecule has 0 aromatic carbocycles. The second-order valence-corrected chi connectivity index (χ2v) is 5.96. The molecule has 1 atom stereocenters. The van der Waals surface area contributed by atoms with Crippen molar-refractivity contribution >= 4 is 5.82 Å². The first-order valence-electron chi connectivity index (χ1n) is 6.68. The van der Waals surface area contributed by atoms with E-state index in [1.165, 1.54) is 0 Å². The summed E-state index contributed by atoms with van der Waals surface area (Å²) in [4.78, 5) is 4.78. The molecule has 1 rings (SSSR count). The number of nitrogen functional groups attached to an aromatic ring is 1. The van der Waals surface area contributed by atoms with Crippen LogP contribution in [0.25, 0.3) is 0 Å². The van der Waals surface area contributed by atoms with Gasteiger partial charge in [-0.3, -0.25) is 0 Å². The Labute approximate surface area is 111 Å². The van der Waals surface area contributed by atoms with Gasteiger partial charge in [0.1, 0.15) is 11.6 Å². The maximum Gasteiger partial charge on any atom is 0.127 e. The molecule has 0 aliphatic heterocycles. The van der Waals surface area contributed by atoms with Gasteiger partial charge in [-0.05, 0) is 6.42 Å². The number of imidazole rings is 1. The first-order chi connectivity index (χ1) is 8.32. The van der Waals surface area contributed by atoms with Gasteiger partial charge in [0.05, 0.1) is 12.3 Å². The van der Waals surface area contributed by atoms with E-state index in [0.29, 0.717) is 6.61 Å². The van der Waals surface area contributed by atoms with Crippen molar-refractivity contribution in [1.82, 2.24) is 9.55 Å². The van der Waals surface area contributed by atoms with Gasteiger partial charge in [0.2, 0.25) is 0 Å². The summed E-state index contributed by atoms with van der Waals surface area (Å²) in [5, 5.41) is 0. The van der Waals surface area contributed by atoms with Crippen molar-refractivity contribution in [1.29, 1.82) is 0 Å². The van der Waals surface area contributed by atoms with E-state index in [1.807, 2.05) is 0 Å². The van der Waals surface area contributed by atoms with E-state index in [9.17, 15) is 0 Å². The Hall–Kier alpha value is -1.03. The van der Waals surface area contributed by atoms with Gasteiger partial charge in [-0.25, -0.2) is 4.98 Å². The number of anilines is 1. The predicted molar refractivity (Wildman–Crippen MR) is 75.9 cm³/mol. The minimum atomic E-state index is 0.00827. The summed E-state index contributed by atoms with van der Waals surface area (Å²) in [6.07, 6.45) is 1.06. The first-order valence-corrected chi connectivity index (χ1v) is 6.68. The van der Waals surface area contributed by atoms with E-state index < -0.39 is 0 Å². The van der Waals surface area contributed by atoms with Crippen molar-refractivity contribution in [3.8, 4) is 0 Å². The summed E-state index contributed by atoms with van der Waals surface area (Å²) >= 11 is 0. The Morgan fingerprint density at radius 2 is 2.00 bits per heavy atom. The zero-order valence-electron chi connectivity index (χ0n) is 12.6. The summed E-state index contributed by atoms with van der Waals surface area (Å²) in [5.41, 5.74) is 7.24. The molecule has 18 heavy (non-hydrogen) atoms. The van der Waals surface area contributed by atoms with E-state index in [-0.39, 0.29) is 11.3 Å². The van der Waals surface area contributed by atoms with Gasteiger partial charge in [0.25, 0.3) is 0 Å². The number of nitrogens with two attached hydrogens (primary N) is 1. The fourth-order valence-electron chi connectivity index (χ4n) is 2.20. The average molecular weight is 253 g/mol. The summed E-state index contributed by atoms with van der Waals surface area (Å²) in [7, 11) is 1.71. The average Bonchev–Trinajstić information content (AvgIpc) is 2.57. The van der Waals surface area contributed by atoms with E-state index in [1.54, 1.807) is 7.11 Å². The van der Waals surface area contributed by atoms with Crippen LogP contribution in [0.4, 0.5) is 5.82 Å². The highest BCUT2D eigenvalue weighted by atomic mass is 16.5. The van der Waals surface area contributed by atoms with Crippen LogP contribution in [0, 0.1) is 0 Å². The Kier molecular flexibility index (Phi) is 4.79. The number of rotatable bonds is 5. The van der Waals surface area contributed by atoms with Crippen LogP contribution in [0.1, 0.15) is 58.5 Å². The number of hydrogen-bond donors (Lipinski definition) is 1. The minimum Gasteiger partial charge on any atom is -0.384 e. The molecule has 0 spiro atoms. The van der Waals surface area contributed by atoms with Crippen LogP contribution in [0.5, 0.6) is 0 Å². The molecule has 1 aromatic heterocycles. The van der Waals surface area contributed by atoms with E-state index in [0.717, 1.165) is 30.3 Å². The molecule has 0 aliphatic carbocycles. The lowest BCUT2D eigenvalue weighted by Gasteiger charge is -2.19. The van der Waals surface area contributed by atoms with E-state index in [4.69, 9.17) is 15.5 Å². The Bertz CT molecular complexity index is 390. The highest BCUT2D eigenvalue weighted by molar-refractivity contribution is 5.41. The molecule has 104 valence electrons. The van der Waals surface area contributed by atoms with Crippen molar-refractivity contribution in [2.24, 2.45) is 0 Å². The van der Waals surface area contributed by atoms with Crippen molar-refractivity contribution in [2.75, 3.05) is 19.5 Å². The number of methoxy groups -OCH3 is 1. The van der Waals surface area contributed by atoms with Crippen LogP contribution in [-0.4, -0.2) is 23.3 Å². The SMILES string of the molecule is CCCn1c(C(C)(C)C)nc(C(C)COC)c1N. The summed E-state index contributed by atoms with van der Waals surface area (Å²) in [6, 6.07) is 0. The Morgan fingerprint density at radius 3 is 2.44 bits per heavy atom. The number of nitrogens with zero attached hydrogens (tertiary/aromatic N) is 2. The fraction of sp³-hybridized carbons (Fsp3) is 0.786. The third-order valence-electron chi connectivity index (χ3n) is 3.04. The lowest BCUT2D eigenvalue weighted by molar-refractivity contribution is 0.183. The van der Waals surface area contributed by atoms with Crippen LogP contribution < -0.4 is 5.73 Å². The van der Waals surface area contributed by atoms with Crippen LogP contribution in [0.15, 0.2) is 0 Å². The van der Waals surface area contributed by atoms with Crippen LogP contribution >= 0.6 is 0 Å². The third-order valence-corrected chi connectivity index (χ3v) is 3.04. The van der Waals surface area contributed by atoms with Gasteiger partial charge in [0.15, 0.2) is 0 Å². The van der Waals surface area contributed by atoms with Gasteiger partial charge in [-0.2, -0.15) is 0 Å². The summed E-state index contributed by atoms with van der Waals surface area (Å²) < 4.78 is 7.36. The first kappa shape index (κ1) is 15.0. The van der Waals surface area contributed by atoms with Crippen molar-refractivity contribution in [3.63, 3.8) is 0 Å². The van der Waals surface area contributed by atoms with Crippen LogP contribution in [0.2, 0.25) is 0 Å². The molecular weight excluding hydrogens is 226 g/mol. The zero-order valence-corrected chi connectivity index (χ0v) is 12.6. The van der Waals surface area contributed by atoms with Crippen molar-refractivity contribution in [3.05, 3.63) is 11.5 Å². The predicted octanol–water partition coefficient (Wildman–Crippen LogP) is 2.92. The molecule has 1 heterocycles. The second kappa shape index (κ2) is 5.74. The van der Waals surface area contributed by atoms with Gasteiger partial charge in [0, 0.05) is 25.0 Å². The topological polar surface area (TPSA) is 53.1 Å². The van der Waals surface area contributed by atoms with Gasteiger partial charge in [-0.15, -0.1) is 0 Å². The summed E-state index contributed by atoms with van der Waals surface area (Å²) in [5.74, 6) is 2.10. The molecule has 0 saturated heterocycles. The number of hydrogen-bond acceptors (Lipinski definition) is 3. The van der Waals surface area contributed by atoms with Crippen LogP contribution in [0.3, 0.4) is 0 Å². The molecule has 2 N–H and O–H groups in total. The molecule has 0 radical (unpaired) electrons. The molecule has 4 nitrogen and oxygen atoms in total. The largest absolute Gasteiger partial charge is 0.384 e. The van der Waals surface area contributed by atoms with E-state index in [2.05, 4.69) is 39.2 Å². The minimum absolute atomic E-state index is 0.00827. The third kappa shape index (κ3) is 3.05. The molecule has 0 aliphatic rings. The molecule has 0 saturated carbocycles. The smallest absolute Gasteiger partial charge is 0.127 e. The molecule has 1 unspecified atom stereocenters. The molecule has 1 aromatic rings. The standard InChI is InChI=1S/C14H27N3O/c1-7-8-17-12(15)11(10(2)9-18-6)16-13(17)14(3,4)5/h10H,7-9,15H2,1-6H3. The number of aromatic nitrogens is 2. The Balaban J connectivity index is 3.23. The number of ether oxygens (including phenoxy) is 1. The van der Waals surface area contributed by atoms with Gasteiger partial charge in [-0.1, -0.05) is 34.6 Å². The lowest BCUT2D eigenvalue weighted by atomic mass is 9.95. The fourth-order valence-corrected chi connectivity index (χ4v) is 2.20. The molecular formula is C14H27N3O. The second-order valence-electron chi connectivity index (χ2n) is 5.96. The van der Waals surface area contributed by atoms with Crippen molar-refractivity contribution in [2.45, 2.75) is 58.9 Å². The highest BCUT2D eigenvalue weighted by Gasteiger charge is 2.26. The normalized spacial score (nSPS) is 13.9. The maximum atomic E-state index is 6.26.